The van der Waals surface area contributed by atoms with Crippen molar-refractivity contribution in [1.82, 2.24) is 0 Å². The Hall–Kier alpha value is 0.440. The molecule has 0 radical (unpaired) electrons. The second-order valence-corrected chi connectivity index (χ2v) is 3.56. The summed E-state index contributed by atoms with van der Waals surface area (Å²) in [5.41, 5.74) is 0. The lowest BCUT2D eigenvalue weighted by molar-refractivity contribution is 1.56. The van der Waals surface area contributed by atoms with Crippen molar-refractivity contribution in [3.8, 4) is 0 Å². The van der Waals surface area contributed by atoms with E-state index < -0.39 is 0 Å². The maximum Gasteiger partial charge on any atom is -0.00940 e. The highest BCUT2D eigenvalue weighted by Crippen LogP contribution is 2.22. The van der Waals surface area contributed by atoms with Gasteiger partial charge in [-0.25, -0.2) is 0 Å². The second-order valence-electron chi connectivity index (χ2n) is 1.52. The molecule has 8 heavy (non-hydrogen) atoms. The van der Waals surface area contributed by atoms with Gasteiger partial charge < -0.3 is 0 Å². The van der Waals surface area contributed by atoms with Crippen LogP contribution in [0.2, 0.25) is 0 Å². The molecule has 0 aliphatic carbocycles. The molecule has 0 bridgehead atoms. The van der Waals surface area contributed by atoms with E-state index in [1.165, 1.54) is 9.81 Å². The van der Waals surface area contributed by atoms with Crippen LogP contribution in [-0.2, 0) is 0 Å². The molecule has 0 fully saturated rings. The first-order valence-electron chi connectivity index (χ1n) is 2.47. The van der Waals surface area contributed by atoms with Gasteiger partial charge in [0.15, 0.2) is 0 Å². The molecule has 0 aliphatic heterocycles. The largest absolute Gasteiger partial charge is 0.134 e. The van der Waals surface area contributed by atoms with Crippen molar-refractivity contribution < 1.29 is 0 Å². The van der Waals surface area contributed by atoms with Gasteiger partial charge in [0.05, 0.1) is 0 Å². The SMILES string of the molecule is CSC(C)=C(C)SC. The van der Waals surface area contributed by atoms with Crippen LogP contribution in [0.15, 0.2) is 9.81 Å². The van der Waals surface area contributed by atoms with E-state index in [0.29, 0.717) is 0 Å². The summed E-state index contributed by atoms with van der Waals surface area (Å²) < 4.78 is 0. The molecule has 0 nitrogen and oxygen atoms in total. The lowest BCUT2D eigenvalue weighted by Gasteiger charge is -1.98. The van der Waals surface area contributed by atoms with Crippen LogP contribution in [0.4, 0.5) is 0 Å². The van der Waals surface area contributed by atoms with Crippen LogP contribution < -0.4 is 0 Å². The zero-order valence-corrected chi connectivity index (χ0v) is 7.45. The average Bonchev–Trinajstić information content (AvgIpc) is 1.84. The van der Waals surface area contributed by atoms with Gasteiger partial charge in [0.2, 0.25) is 0 Å². The minimum absolute atomic E-state index is 1.43. The smallest absolute Gasteiger partial charge is 0.00940 e. The molecule has 0 saturated carbocycles. The van der Waals surface area contributed by atoms with Crippen molar-refractivity contribution in [2.75, 3.05) is 12.5 Å². The summed E-state index contributed by atoms with van der Waals surface area (Å²) in [5, 5.41) is 0. The summed E-state index contributed by atoms with van der Waals surface area (Å²) in [7, 11) is 0. The van der Waals surface area contributed by atoms with Gasteiger partial charge in [0.25, 0.3) is 0 Å². The van der Waals surface area contributed by atoms with Gasteiger partial charge in [0.1, 0.15) is 0 Å². The molecule has 0 aromatic rings. The number of thioether (sulfide) groups is 2. The molecule has 0 unspecified atom stereocenters. The summed E-state index contributed by atoms with van der Waals surface area (Å²) in [4.78, 5) is 2.86. The first-order valence-corrected chi connectivity index (χ1v) is 4.92. The van der Waals surface area contributed by atoms with Crippen molar-refractivity contribution in [1.29, 1.82) is 0 Å². The molecule has 0 rings (SSSR count). The molecule has 0 aliphatic rings. The van der Waals surface area contributed by atoms with Crippen LogP contribution >= 0.6 is 23.5 Å². The van der Waals surface area contributed by atoms with Crippen LogP contribution in [0.5, 0.6) is 0 Å². The zero-order valence-electron chi connectivity index (χ0n) is 5.82. The molecular formula is C6H12S2. The van der Waals surface area contributed by atoms with Crippen molar-refractivity contribution >= 4 is 23.5 Å². The summed E-state index contributed by atoms with van der Waals surface area (Å²) in [5.74, 6) is 0. The van der Waals surface area contributed by atoms with E-state index in [4.69, 9.17) is 0 Å². The minimum Gasteiger partial charge on any atom is -0.134 e. The van der Waals surface area contributed by atoms with Crippen LogP contribution in [0.25, 0.3) is 0 Å². The third-order valence-corrected chi connectivity index (χ3v) is 3.07. The molecule has 0 atom stereocenters. The summed E-state index contributed by atoms with van der Waals surface area (Å²) in [6, 6.07) is 0. The maximum atomic E-state index is 2.15. The third kappa shape index (κ3) is 2.68. The quantitative estimate of drug-likeness (QED) is 0.590. The van der Waals surface area contributed by atoms with E-state index >= 15 is 0 Å². The number of rotatable bonds is 2. The predicted octanol–water partition coefficient (Wildman–Crippen LogP) is 2.96. The molecule has 0 amide bonds. The van der Waals surface area contributed by atoms with E-state index in [2.05, 4.69) is 26.4 Å². The molecule has 0 N–H and O–H groups in total. The third-order valence-electron chi connectivity index (χ3n) is 1.11. The standard InChI is InChI=1S/C6H12S2/c1-5(7-3)6(2)8-4/h1-4H3. The molecule has 0 aromatic heterocycles. The van der Waals surface area contributed by atoms with Crippen LogP contribution in [0.1, 0.15) is 13.8 Å². The molecule has 0 aromatic carbocycles. The van der Waals surface area contributed by atoms with E-state index in [-0.39, 0.29) is 0 Å². The fourth-order valence-electron chi connectivity index (χ4n) is 0.287. The minimum atomic E-state index is 1.43. The molecule has 0 spiro atoms. The molecule has 48 valence electrons. The fourth-order valence-corrected chi connectivity index (χ4v) is 1.36. The van der Waals surface area contributed by atoms with Gasteiger partial charge in [-0.15, -0.1) is 23.5 Å². The van der Waals surface area contributed by atoms with E-state index in [1.54, 1.807) is 0 Å². The van der Waals surface area contributed by atoms with Gasteiger partial charge in [-0.3, -0.25) is 0 Å². The lowest BCUT2D eigenvalue weighted by Crippen LogP contribution is -1.69. The normalized spacial score (nSPS) is 13.5. The van der Waals surface area contributed by atoms with Crippen molar-refractivity contribution in [3.05, 3.63) is 9.81 Å². The highest BCUT2D eigenvalue weighted by atomic mass is 32.2. The number of hydrogen-bond acceptors (Lipinski definition) is 2. The fraction of sp³-hybridized carbons (Fsp3) is 0.667. The van der Waals surface area contributed by atoms with Crippen molar-refractivity contribution in [2.45, 2.75) is 13.8 Å². The summed E-state index contributed by atoms with van der Waals surface area (Å²) in [6.45, 7) is 4.30. The molecule has 2 heteroatoms. The van der Waals surface area contributed by atoms with Gasteiger partial charge in [-0.05, 0) is 36.2 Å². The first kappa shape index (κ1) is 8.44. The highest BCUT2D eigenvalue weighted by molar-refractivity contribution is 8.06. The molecule has 0 saturated heterocycles. The van der Waals surface area contributed by atoms with Crippen LogP contribution in [-0.4, -0.2) is 12.5 Å². The Bertz CT molecular complexity index is 82.7. The van der Waals surface area contributed by atoms with Crippen LogP contribution in [0.3, 0.4) is 0 Å². The van der Waals surface area contributed by atoms with E-state index in [0.717, 1.165) is 0 Å². The Kier molecular flexibility index (Phi) is 4.57. The average molecular weight is 148 g/mol. The molecular weight excluding hydrogens is 136 g/mol. The molecule has 0 heterocycles. The van der Waals surface area contributed by atoms with Gasteiger partial charge in [-0.2, -0.15) is 0 Å². The summed E-state index contributed by atoms with van der Waals surface area (Å²) >= 11 is 3.63. The lowest BCUT2D eigenvalue weighted by atomic mass is 10.6. The zero-order chi connectivity index (χ0) is 6.57. The number of hydrogen-bond donors (Lipinski definition) is 0. The van der Waals surface area contributed by atoms with E-state index in [1.807, 2.05) is 23.5 Å². The van der Waals surface area contributed by atoms with Gasteiger partial charge >= 0.3 is 0 Å². The van der Waals surface area contributed by atoms with E-state index in [9.17, 15) is 0 Å². The second kappa shape index (κ2) is 4.33. The highest BCUT2D eigenvalue weighted by Gasteiger charge is 1.89. The van der Waals surface area contributed by atoms with Crippen LogP contribution in [0, 0.1) is 0 Å². The Morgan fingerprint density at radius 3 is 1.25 bits per heavy atom. The Morgan fingerprint density at radius 2 is 1.12 bits per heavy atom. The van der Waals surface area contributed by atoms with Gasteiger partial charge in [0, 0.05) is 0 Å². The monoisotopic (exact) mass is 148 g/mol. The Morgan fingerprint density at radius 1 is 0.875 bits per heavy atom. The van der Waals surface area contributed by atoms with Crippen molar-refractivity contribution in [3.63, 3.8) is 0 Å². The number of allylic oxidation sites excluding steroid dienone is 2. The van der Waals surface area contributed by atoms with Gasteiger partial charge in [-0.1, -0.05) is 0 Å². The first-order chi connectivity index (χ1) is 3.72. The summed E-state index contributed by atoms with van der Waals surface area (Å²) in [6.07, 6.45) is 4.21. The Balaban J connectivity index is 3.83. The topological polar surface area (TPSA) is 0 Å². The Labute approximate surface area is 60.1 Å². The maximum absolute atomic E-state index is 2.15. The van der Waals surface area contributed by atoms with Crippen molar-refractivity contribution in [2.24, 2.45) is 0 Å². The predicted molar refractivity (Wildman–Crippen MR) is 45.4 cm³/mol.